The van der Waals surface area contributed by atoms with Crippen LogP contribution in [0.1, 0.15) is 12.0 Å². The Labute approximate surface area is 200 Å². The van der Waals surface area contributed by atoms with Crippen LogP contribution >= 0.6 is 0 Å². The van der Waals surface area contributed by atoms with E-state index < -0.39 is 68.1 Å². The Morgan fingerprint density at radius 2 is 1.89 bits per heavy atom. The van der Waals surface area contributed by atoms with E-state index in [2.05, 4.69) is 0 Å². The Balaban J connectivity index is 1.61. The van der Waals surface area contributed by atoms with Crippen molar-refractivity contribution >= 4 is 12.0 Å². The molecule has 0 aliphatic carbocycles. The number of aliphatic hydroxyl groups is 4. The summed E-state index contributed by atoms with van der Waals surface area (Å²) in [5.41, 5.74) is -1.27. The van der Waals surface area contributed by atoms with E-state index in [0.717, 1.165) is 6.08 Å². The van der Waals surface area contributed by atoms with Crippen LogP contribution in [-0.2, 0) is 33.2 Å². The summed E-state index contributed by atoms with van der Waals surface area (Å²) in [6, 6.07) is 3.88. The van der Waals surface area contributed by atoms with Crippen molar-refractivity contribution in [3.05, 3.63) is 29.8 Å². The number of aliphatic hydroxyl groups excluding tert-OH is 3. The van der Waals surface area contributed by atoms with E-state index in [1.807, 2.05) is 0 Å². The molecule has 0 spiro atoms. The van der Waals surface area contributed by atoms with E-state index in [4.69, 9.17) is 28.4 Å². The molecule has 0 amide bonds. The van der Waals surface area contributed by atoms with Crippen molar-refractivity contribution in [2.24, 2.45) is 0 Å². The Bertz CT molecular complexity index is 890. The Kier molecular flexibility index (Phi) is 9.04. The second-order valence-electron chi connectivity index (χ2n) is 8.18. The summed E-state index contributed by atoms with van der Waals surface area (Å²) < 4.78 is 31.7. The van der Waals surface area contributed by atoms with Gasteiger partial charge in [0.15, 0.2) is 36.5 Å². The molecule has 13 heteroatoms. The normalized spacial score (nSPS) is 35.4. The van der Waals surface area contributed by atoms with Gasteiger partial charge in [-0.1, -0.05) is 6.07 Å². The van der Waals surface area contributed by atoms with Crippen molar-refractivity contribution < 1.29 is 63.9 Å². The van der Waals surface area contributed by atoms with E-state index in [1.54, 1.807) is 0 Å². The van der Waals surface area contributed by atoms with Crippen LogP contribution < -0.4 is 0 Å². The zero-order chi connectivity index (χ0) is 25.8. The molecule has 35 heavy (non-hydrogen) atoms. The number of aromatic hydroxyl groups is 2. The van der Waals surface area contributed by atoms with Crippen LogP contribution in [-0.4, -0.2) is 113 Å². The van der Waals surface area contributed by atoms with Gasteiger partial charge >= 0.3 is 5.97 Å². The zero-order valence-electron chi connectivity index (χ0n) is 19.1. The molecule has 2 aliphatic rings. The lowest BCUT2D eigenvalue weighted by molar-refractivity contribution is -0.316. The van der Waals surface area contributed by atoms with Gasteiger partial charge in [0.05, 0.1) is 13.2 Å². The molecule has 2 saturated heterocycles. The number of esters is 1. The molecule has 8 atom stereocenters. The number of carbonyl (C=O) groups excluding carboxylic acids is 1. The fourth-order valence-electron chi connectivity index (χ4n) is 3.78. The summed E-state index contributed by atoms with van der Waals surface area (Å²) in [6.45, 7) is -1.11. The standard InChI is InChI=1S/C22H30O13/c1-30-16-8-22(29,21(31-2)35-16)10-32-20-18(28)17(27)19(14(9-23)33-20)34-15(26)6-4-11-3-5-12(24)13(25)7-11/h3-7,14,16-21,23-25,27-29H,8-10H2,1-2H3/t14-,16-,17-,18-,19-,20+,21-,22+/m1/s1. The van der Waals surface area contributed by atoms with Gasteiger partial charge in [0.25, 0.3) is 0 Å². The quantitative estimate of drug-likeness (QED) is 0.131. The molecule has 0 radical (unpaired) electrons. The Hall–Kier alpha value is -2.33. The second-order valence-corrected chi connectivity index (χ2v) is 8.18. The number of ether oxygens (including phenoxy) is 6. The molecule has 2 heterocycles. The number of carbonyl (C=O) groups is 1. The lowest BCUT2D eigenvalue weighted by Crippen LogP contribution is -2.61. The minimum atomic E-state index is -1.70. The van der Waals surface area contributed by atoms with Gasteiger partial charge in [-0.25, -0.2) is 4.79 Å². The molecule has 2 aliphatic heterocycles. The van der Waals surface area contributed by atoms with Crippen LogP contribution in [0.5, 0.6) is 11.5 Å². The minimum Gasteiger partial charge on any atom is -0.504 e. The molecule has 2 fully saturated rings. The van der Waals surface area contributed by atoms with Crippen LogP contribution in [0, 0.1) is 0 Å². The SMILES string of the molecule is CO[C@H]1C[C@](O)(CO[C@H]2O[C@H](CO)[C@@H](OC(=O)C=Cc3ccc(O)c(O)c3)[C@H](O)[C@H]2O)[C@H](OC)O1. The van der Waals surface area contributed by atoms with Gasteiger partial charge in [0.2, 0.25) is 0 Å². The fourth-order valence-corrected chi connectivity index (χ4v) is 3.78. The van der Waals surface area contributed by atoms with Gasteiger partial charge in [0.1, 0.15) is 23.9 Å². The molecule has 6 N–H and O–H groups in total. The van der Waals surface area contributed by atoms with Gasteiger partial charge in [-0.05, 0) is 23.8 Å². The number of hydrogen-bond donors (Lipinski definition) is 6. The van der Waals surface area contributed by atoms with Crippen molar-refractivity contribution in [3.8, 4) is 11.5 Å². The summed E-state index contributed by atoms with van der Waals surface area (Å²) in [4.78, 5) is 12.2. The van der Waals surface area contributed by atoms with E-state index in [1.165, 1.54) is 38.5 Å². The number of phenolic OH excluding ortho intramolecular Hbond substituents is 2. The largest absolute Gasteiger partial charge is 0.504 e. The summed E-state index contributed by atoms with van der Waals surface area (Å²) in [5, 5.41) is 60.3. The number of benzene rings is 1. The van der Waals surface area contributed by atoms with E-state index >= 15 is 0 Å². The maximum absolute atomic E-state index is 12.2. The number of rotatable bonds is 9. The highest BCUT2D eigenvalue weighted by molar-refractivity contribution is 5.87. The minimum absolute atomic E-state index is 0.00217. The van der Waals surface area contributed by atoms with Crippen molar-refractivity contribution in [2.45, 2.75) is 55.3 Å². The predicted octanol–water partition coefficient (Wildman–Crippen LogP) is -1.43. The lowest BCUT2D eigenvalue weighted by Gasteiger charge is -2.42. The highest BCUT2D eigenvalue weighted by atomic mass is 16.8. The first kappa shape index (κ1) is 27.3. The third-order valence-electron chi connectivity index (χ3n) is 5.69. The molecule has 0 unspecified atom stereocenters. The molecule has 1 aromatic carbocycles. The molecule has 0 aromatic heterocycles. The maximum Gasteiger partial charge on any atom is 0.331 e. The summed E-state index contributed by atoms with van der Waals surface area (Å²) in [6.07, 6.45) is -7.11. The average molecular weight is 502 g/mol. The first-order chi connectivity index (χ1) is 16.6. The molecular formula is C22H30O13. The van der Waals surface area contributed by atoms with Gasteiger partial charge in [-0.15, -0.1) is 0 Å². The van der Waals surface area contributed by atoms with Crippen molar-refractivity contribution in [1.82, 2.24) is 0 Å². The first-order valence-electron chi connectivity index (χ1n) is 10.7. The maximum atomic E-state index is 12.2. The summed E-state index contributed by atoms with van der Waals surface area (Å²) >= 11 is 0. The van der Waals surface area contributed by atoms with Gasteiger partial charge in [-0.3, -0.25) is 0 Å². The number of hydrogen-bond acceptors (Lipinski definition) is 13. The third-order valence-corrected chi connectivity index (χ3v) is 5.69. The van der Waals surface area contributed by atoms with Crippen molar-refractivity contribution in [3.63, 3.8) is 0 Å². The van der Waals surface area contributed by atoms with Crippen LogP contribution in [0.3, 0.4) is 0 Å². The second kappa shape index (κ2) is 11.6. The Morgan fingerprint density at radius 1 is 1.14 bits per heavy atom. The number of phenols is 2. The summed E-state index contributed by atoms with van der Waals surface area (Å²) in [7, 11) is 2.72. The Morgan fingerprint density at radius 3 is 2.51 bits per heavy atom. The highest BCUT2D eigenvalue weighted by Gasteiger charge is 2.51. The van der Waals surface area contributed by atoms with E-state index in [0.29, 0.717) is 5.56 Å². The van der Waals surface area contributed by atoms with Crippen molar-refractivity contribution in [1.29, 1.82) is 0 Å². The molecule has 1 aromatic rings. The van der Waals surface area contributed by atoms with Crippen LogP contribution in [0.4, 0.5) is 0 Å². The van der Waals surface area contributed by atoms with Crippen molar-refractivity contribution in [2.75, 3.05) is 27.4 Å². The van der Waals surface area contributed by atoms with Crippen LogP contribution in [0.25, 0.3) is 6.08 Å². The van der Waals surface area contributed by atoms with Gasteiger partial charge in [0, 0.05) is 26.7 Å². The van der Waals surface area contributed by atoms with Crippen LogP contribution in [0.2, 0.25) is 0 Å². The number of methoxy groups -OCH3 is 2. The topological polar surface area (TPSA) is 194 Å². The highest BCUT2D eigenvalue weighted by Crippen LogP contribution is 2.33. The lowest BCUT2D eigenvalue weighted by atomic mass is 9.98. The molecule has 13 nitrogen and oxygen atoms in total. The fraction of sp³-hybridized carbons (Fsp3) is 0.591. The smallest absolute Gasteiger partial charge is 0.331 e. The third kappa shape index (κ3) is 6.27. The molecular weight excluding hydrogens is 472 g/mol. The molecule has 0 bridgehead atoms. The zero-order valence-corrected chi connectivity index (χ0v) is 19.1. The van der Waals surface area contributed by atoms with E-state index in [-0.39, 0.29) is 17.9 Å². The molecule has 0 saturated carbocycles. The first-order valence-corrected chi connectivity index (χ1v) is 10.7. The summed E-state index contributed by atoms with van der Waals surface area (Å²) in [5.74, 6) is -1.64. The predicted molar refractivity (Wildman–Crippen MR) is 115 cm³/mol. The van der Waals surface area contributed by atoms with Crippen LogP contribution in [0.15, 0.2) is 24.3 Å². The molecule has 3 rings (SSSR count). The average Bonchev–Trinajstić information content (AvgIpc) is 3.18. The van der Waals surface area contributed by atoms with Gasteiger partial charge in [-0.2, -0.15) is 0 Å². The van der Waals surface area contributed by atoms with E-state index in [9.17, 15) is 35.4 Å². The monoisotopic (exact) mass is 502 g/mol. The van der Waals surface area contributed by atoms with Gasteiger partial charge < -0.3 is 59.1 Å². The molecule has 196 valence electrons.